The van der Waals surface area contributed by atoms with E-state index < -0.39 is 39.8 Å². The summed E-state index contributed by atoms with van der Waals surface area (Å²) in [6.45, 7) is 6.12. The van der Waals surface area contributed by atoms with E-state index in [1.165, 1.54) is 6.92 Å². The second kappa shape index (κ2) is 8.65. The van der Waals surface area contributed by atoms with Gasteiger partial charge in [0.25, 0.3) is 5.91 Å². The van der Waals surface area contributed by atoms with E-state index in [4.69, 9.17) is 11.6 Å². The molecule has 2 amide bonds. The predicted octanol–water partition coefficient (Wildman–Crippen LogP) is 5.33. The third-order valence-corrected chi connectivity index (χ3v) is 5.56. The summed E-state index contributed by atoms with van der Waals surface area (Å²) in [6, 6.07) is 1.89. The van der Waals surface area contributed by atoms with Crippen molar-refractivity contribution in [2.24, 2.45) is 0 Å². The molecule has 0 aromatic heterocycles. The number of ketones is 1. The highest BCUT2D eigenvalue weighted by Gasteiger charge is 2.33. The molecule has 0 fully saturated rings. The number of benzene rings is 1. The van der Waals surface area contributed by atoms with Crippen LogP contribution in [0.15, 0.2) is 28.7 Å². The van der Waals surface area contributed by atoms with Crippen LogP contribution >= 0.6 is 23.4 Å². The molecule has 0 N–H and O–H groups in total. The maximum Gasteiger partial charge on any atom is 0.412 e. The molecule has 0 aliphatic carbocycles. The van der Waals surface area contributed by atoms with Crippen LogP contribution in [0.3, 0.4) is 0 Å². The first kappa shape index (κ1) is 24.2. The average Bonchev–Trinajstić information content (AvgIpc) is 2.50. The lowest BCUT2D eigenvalue weighted by Gasteiger charge is -2.24. The Morgan fingerprint density at radius 1 is 1.11 bits per heavy atom. The zero-order valence-electron chi connectivity index (χ0n) is 15.7. The standard InChI is InChI=1S/C18H18ClF4NO3S/c1-9(18(21,22)23)6-16(27)24(11(3)26)14-8-15(12(19)7-13(14)20)28-17(4,5)10(2)25/h6-8H,1-5H3/b9-6+. The largest absolute Gasteiger partial charge is 0.412 e. The molecule has 1 rings (SSSR count). The molecule has 0 atom stereocenters. The zero-order chi connectivity index (χ0) is 22.0. The summed E-state index contributed by atoms with van der Waals surface area (Å²) in [7, 11) is 0. The van der Waals surface area contributed by atoms with E-state index in [1.54, 1.807) is 13.8 Å². The molecule has 0 aliphatic rings. The van der Waals surface area contributed by atoms with Crippen molar-refractivity contribution in [3.8, 4) is 0 Å². The van der Waals surface area contributed by atoms with Gasteiger partial charge < -0.3 is 0 Å². The third kappa shape index (κ3) is 5.81. The van der Waals surface area contributed by atoms with Gasteiger partial charge >= 0.3 is 6.18 Å². The summed E-state index contributed by atoms with van der Waals surface area (Å²) >= 11 is 6.97. The molecule has 0 radical (unpaired) electrons. The number of carbonyl (C=O) groups is 3. The molecule has 10 heteroatoms. The number of anilines is 1. The van der Waals surface area contributed by atoms with Crippen molar-refractivity contribution in [2.75, 3.05) is 4.90 Å². The maximum atomic E-state index is 14.4. The van der Waals surface area contributed by atoms with Gasteiger partial charge in [0.15, 0.2) is 0 Å². The van der Waals surface area contributed by atoms with Gasteiger partial charge in [-0.05, 0) is 39.8 Å². The predicted molar refractivity (Wildman–Crippen MR) is 100 cm³/mol. The Morgan fingerprint density at radius 2 is 1.64 bits per heavy atom. The molecule has 0 unspecified atom stereocenters. The first-order valence-corrected chi connectivity index (χ1v) is 9.06. The molecule has 0 heterocycles. The summed E-state index contributed by atoms with van der Waals surface area (Å²) in [5.74, 6) is -3.62. The fourth-order valence-corrected chi connectivity index (χ4v) is 3.18. The molecule has 28 heavy (non-hydrogen) atoms. The Kier molecular flexibility index (Phi) is 7.47. The quantitative estimate of drug-likeness (QED) is 0.353. The molecular formula is C18H18ClF4NO3S. The number of alkyl halides is 3. The van der Waals surface area contributed by atoms with Gasteiger partial charge in [-0.3, -0.25) is 14.4 Å². The van der Waals surface area contributed by atoms with Crippen molar-refractivity contribution >= 4 is 46.6 Å². The minimum Gasteiger partial charge on any atom is -0.298 e. The van der Waals surface area contributed by atoms with E-state index in [0.717, 1.165) is 30.8 Å². The SMILES string of the molecule is CC(=O)N(C(=O)/C=C(\C)C(F)(F)F)c1cc(SC(C)(C)C(C)=O)c(Cl)cc1F. The summed E-state index contributed by atoms with van der Waals surface area (Å²) in [5, 5.41) is -0.0708. The minimum absolute atomic E-state index is 0.0708. The monoisotopic (exact) mass is 439 g/mol. The van der Waals surface area contributed by atoms with Crippen molar-refractivity contribution in [1.29, 1.82) is 0 Å². The molecule has 154 valence electrons. The van der Waals surface area contributed by atoms with Crippen molar-refractivity contribution in [2.45, 2.75) is 50.4 Å². The summed E-state index contributed by atoms with van der Waals surface area (Å²) < 4.78 is 51.5. The molecule has 4 nitrogen and oxygen atoms in total. The smallest absolute Gasteiger partial charge is 0.298 e. The van der Waals surface area contributed by atoms with E-state index in [0.29, 0.717) is 6.92 Å². The molecule has 0 saturated heterocycles. The van der Waals surface area contributed by atoms with Gasteiger partial charge in [-0.2, -0.15) is 13.2 Å². The number of amides is 2. The second-order valence-electron chi connectivity index (χ2n) is 6.42. The number of carbonyl (C=O) groups excluding carboxylic acids is 3. The van der Waals surface area contributed by atoms with Crippen LogP contribution in [0.25, 0.3) is 0 Å². The van der Waals surface area contributed by atoms with Crippen molar-refractivity contribution < 1.29 is 31.9 Å². The van der Waals surface area contributed by atoms with E-state index in [1.807, 2.05) is 0 Å². The number of rotatable bonds is 5. The van der Waals surface area contributed by atoms with Crippen molar-refractivity contribution in [1.82, 2.24) is 0 Å². The molecular weight excluding hydrogens is 422 g/mol. The summed E-state index contributed by atoms with van der Waals surface area (Å²) in [5.41, 5.74) is -1.81. The second-order valence-corrected chi connectivity index (χ2v) is 8.49. The molecule has 0 saturated carbocycles. The van der Waals surface area contributed by atoms with Crippen LogP contribution < -0.4 is 4.90 Å². The number of hydrogen-bond donors (Lipinski definition) is 0. The maximum absolute atomic E-state index is 14.4. The lowest BCUT2D eigenvalue weighted by Crippen LogP contribution is -2.35. The third-order valence-electron chi connectivity index (χ3n) is 3.78. The highest BCUT2D eigenvalue weighted by atomic mass is 35.5. The Morgan fingerprint density at radius 3 is 2.07 bits per heavy atom. The molecule has 0 spiro atoms. The fourth-order valence-electron chi connectivity index (χ4n) is 1.89. The number of allylic oxidation sites excluding steroid dienone is 1. The number of thioether (sulfide) groups is 1. The van der Waals surface area contributed by atoms with Crippen LogP contribution in [0.4, 0.5) is 23.2 Å². The Hall–Kier alpha value is -1.87. The van der Waals surface area contributed by atoms with E-state index >= 15 is 0 Å². The van der Waals surface area contributed by atoms with E-state index in [2.05, 4.69) is 0 Å². The molecule has 0 bridgehead atoms. The van der Waals surface area contributed by atoms with Crippen LogP contribution in [-0.2, 0) is 14.4 Å². The number of hydrogen-bond acceptors (Lipinski definition) is 4. The number of Topliss-reactive ketones (excluding diaryl/α,β-unsaturated/α-hetero) is 1. The lowest BCUT2D eigenvalue weighted by molar-refractivity contribution is -0.124. The molecule has 1 aromatic carbocycles. The Labute approximate surface area is 168 Å². The van der Waals surface area contributed by atoms with Gasteiger partial charge in [0.05, 0.1) is 15.5 Å². The zero-order valence-corrected chi connectivity index (χ0v) is 17.3. The molecule has 1 aromatic rings. The van der Waals surface area contributed by atoms with E-state index in [9.17, 15) is 31.9 Å². The summed E-state index contributed by atoms with van der Waals surface area (Å²) in [4.78, 5) is 36.3. The minimum atomic E-state index is -4.77. The van der Waals surface area contributed by atoms with Crippen LogP contribution in [-0.4, -0.2) is 28.5 Å². The van der Waals surface area contributed by atoms with Crippen molar-refractivity contribution in [3.05, 3.63) is 34.6 Å². The van der Waals surface area contributed by atoms with Gasteiger partial charge in [0.2, 0.25) is 5.91 Å². The van der Waals surface area contributed by atoms with Gasteiger partial charge in [-0.25, -0.2) is 9.29 Å². The first-order valence-electron chi connectivity index (χ1n) is 7.87. The van der Waals surface area contributed by atoms with Gasteiger partial charge in [-0.1, -0.05) is 11.6 Å². The first-order chi connectivity index (χ1) is 12.6. The van der Waals surface area contributed by atoms with Gasteiger partial charge in [0.1, 0.15) is 11.6 Å². The van der Waals surface area contributed by atoms with Gasteiger partial charge in [0, 0.05) is 23.5 Å². The highest BCUT2D eigenvalue weighted by molar-refractivity contribution is 8.01. The fraction of sp³-hybridized carbons (Fsp3) is 0.389. The lowest BCUT2D eigenvalue weighted by atomic mass is 10.1. The van der Waals surface area contributed by atoms with Crippen LogP contribution in [0, 0.1) is 5.82 Å². The Balaban J connectivity index is 3.49. The topological polar surface area (TPSA) is 54.5 Å². The van der Waals surface area contributed by atoms with E-state index in [-0.39, 0.29) is 26.7 Å². The molecule has 0 aliphatic heterocycles. The van der Waals surface area contributed by atoms with Crippen LogP contribution in [0.1, 0.15) is 34.6 Å². The highest BCUT2D eigenvalue weighted by Crippen LogP contribution is 2.40. The Bertz CT molecular complexity index is 850. The number of nitrogens with zero attached hydrogens (tertiary/aromatic N) is 1. The van der Waals surface area contributed by atoms with Crippen LogP contribution in [0.2, 0.25) is 5.02 Å². The average molecular weight is 440 g/mol. The number of halogens is 5. The normalized spacial score (nSPS) is 12.7. The number of imide groups is 1. The van der Waals surface area contributed by atoms with Crippen molar-refractivity contribution in [3.63, 3.8) is 0 Å². The van der Waals surface area contributed by atoms with Gasteiger partial charge in [-0.15, -0.1) is 11.8 Å². The van der Waals surface area contributed by atoms with Crippen LogP contribution in [0.5, 0.6) is 0 Å². The summed E-state index contributed by atoms with van der Waals surface area (Å²) in [6.07, 6.45) is -4.56.